The van der Waals surface area contributed by atoms with Crippen LogP contribution in [0.1, 0.15) is 31.2 Å². The van der Waals surface area contributed by atoms with Crippen LogP contribution in [0.25, 0.3) is 0 Å². The maximum atomic E-state index is 13.1. The summed E-state index contributed by atoms with van der Waals surface area (Å²) in [5, 5.41) is 14.9. The summed E-state index contributed by atoms with van der Waals surface area (Å²) in [4.78, 5) is 41.5. The predicted octanol–water partition coefficient (Wildman–Crippen LogP) is 4.04. The van der Waals surface area contributed by atoms with Crippen molar-refractivity contribution in [1.82, 2.24) is 4.98 Å². The fourth-order valence-corrected chi connectivity index (χ4v) is 5.38. The van der Waals surface area contributed by atoms with Gasteiger partial charge in [0.2, 0.25) is 5.91 Å². The van der Waals surface area contributed by atoms with Crippen molar-refractivity contribution in [2.75, 3.05) is 27.8 Å². The van der Waals surface area contributed by atoms with Crippen molar-refractivity contribution >= 4 is 57.5 Å². The number of thiazole rings is 1. The maximum absolute atomic E-state index is 13.1. The Morgan fingerprint density at radius 3 is 2.90 bits per heavy atom. The highest BCUT2D eigenvalue weighted by Crippen LogP contribution is 2.33. The molecule has 1 aliphatic carbocycles. The van der Waals surface area contributed by atoms with Gasteiger partial charge in [-0.1, -0.05) is 30.2 Å². The number of carbonyl (C=O) groups is 3. The number of amides is 3. The van der Waals surface area contributed by atoms with Gasteiger partial charge in [-0.2, -0.15) is 0 Å². The van der Waals surface area contributed by atoms with E-state index in [-0.39, 0.29) is 17.7 Å². The first kappa shape index (κ1) is 20.7. The second-order valence-corrected chi connectivity index (χ2v) is 9.73. The molecule has 0 bridgehead atoms. The van der Waals surface area contributed by atoms with E-state index in [2.05, 4.69) is 15.6 Å². The number of anilines is 3. The molecule has 10 heteroatoms. The molecule has 1 aromatic carbocycles. The summed E-state index contributed by atoms with van der Waals surface area (Å²) in [5.74, 6) is -0.547. The maximum Gasteiger partial charge on any atom is 0.328 e. The number of nitrogens with one attached hydrogen (secondary N) is 2. The minimum Gasteiger partial charge on any atom is -0.481 e. The van der Waals surface area contributed by atoms with Gasteiger partial charge in [-0.25, -0.2) is 9.78 Å². The number of thioether (sulfide) groups is 1. The van der Waals surface area contributed by atoms with Gasteiger partial charge in [-0.05, 0) is 36.5 Å². The molecular weight excluding hydrogens is 424 g/mol. The Morgan fingerprint density at radius 2 is 2.13 bits per heavy atom. The lowest BCUT2D eigenvalue weighted by Gasteiger charge is -2.26. The van der Waals surface area contributed by atoms with Gasteiger partial charge >= 0.3 is 12.0 Å². The van der Waals surface area contributed by atoms with Gasteiger partial charge in [-0.15, -0.1) is 11.8 Å². The molecule has 3 amide bonds. The molecule has 0 radical (unpaired) electrons. The highest BCUT2D eigenvalue weighted by Gasteiger charge is 2.26. The molecule has 2 heterocycles. The Bertz CT molecular complexity index is 971. The zero-order chi connectivity index (χ0) is 21.1. The van der Waals surface area contributed by atoms with E-state index >= 15 is 0 Å². The number of carbonyl (C=O) groups excluding carboxylic acids is 2. The van der Waals surface area contributed by atoms with Gasteiger partial charge in [0.05, 0.1) is 22.6 Å². The molecule has 2 aromatic rings. The van der Waals surface area contributed by atoms with Crippen LogP contribution in [0.3, 0.4) is 0 Å². The first-order chi connectivity index (χ1) is 14.5. The van der Waals surface area contributed by atoms with Gasteiger partial charge < -0.3 is 10.4 Å². The molecule has 8 nitrogen and oxygen atoms in total. The molecule has 4 rings (SSSR count). The van der Waals surface area contributed by atoms with Gasteiger partial charge in [0.1, 0.15) is 0 Å². The normalized spacial score (nSPS) is 15.7. The Balaban J connectivity index is 1.51. The Labute approximate surface area is 182 Å². The van der Waals surface area contributed by atoms with Crippen molar-refractivity contribution in [3.8, 4) is 0 Å². The zero-order valence-electron chi connectivity index (χ0n) is 16.2. The number of carboxylic acid groups (broad SMARTS) is 1. The molecule has 158 valence electrons. The summed E-state index contributed by atoms with van der Waals surface area (Å²) in [6.07, 6.45) is 6.48. The second-order valence-electron chi connectivity index (χ2n) is 7.42. The smallest absolute Gasteiger partial charge is 0.328 e. The van der Waals surface area contributed by atoms with Crippen LogP contribution >= 0.6 is 23.1 Å². The molecule has 0 unspecified atom stereocenters. The van der Waals surface area contributed by atoms with Crippen molar-refractivity contribution in [3.05, 3.63) is 30.0 Å². The molecule has 1 aromatic heterocycles. The van der Waals surface area contributed by atoms with E-state index < -0.39 is 5.97 Å². The van der Waals surface area contributed by atoms with Crippen LogP contribution in [0, 0.1) is 5.92 Å². The molecule has 1 fully saturated rings. The van der Waals surface area contributed by atoms with Crippen molar-refractivity contribution < 1.29 is 19.5 Å². The number of aromatic nitrogens is 1. The van der Waals surface area contributed by atoms with E-state index in [1.807, 2.05) is 18.2 Å². The summed E-state index contributed by atoms with van der Waals surface area (Å²) in [5.41, 5.74) is 2.42. The third-order valence-corrected chi connectivity index (χ3v) is 7.32. The van der Waals surface area contributed by atoms with Gasteiger partial charge in [0, 0.05) is 17.9 Å². The van der Waals surface area contributed by atoms with Crippen LogP contribution in [0.4, 0.5) is 21.3 Å². The summed E-state index contributed by atoms with van der Waals surface area (Å²) in [6.45, 7) is 0.602. The summed E-state index contributed by atoms with van der Waals surface area (Å²) < 4.78 is 0.732. The van der Waals surface area contributed by atoms with E-state index in [9.17, 15) is 14.4 Å². The standard InChI is InChI=1S/C20H22N4O4S2/c25-16-7-13-5-6-14(8-15(13)22-16)24(10-12-3-1-2-4-12)20(28)23-19-21-9-18(30-19)29-11-17(26)27/h5-6,8-9,12H,1-4,7,10-11H2,(H,22,25)(H,26,27)(H,21,23,28). The molecule has 3 N–H and O–H groups in total. The first-order valence-corrected chi connectivity index (χ1v) is 11.6. The van der Waals surface area contributed by atoms with Crippen LogP contribution < -0.4 is 15.5 Å². The lowest BCUT2D eigenvalue weighted by molar-refractivity contribution is -0.133. The summed E-state index contributed by atoms with van der Waals surface area (Å²) in [6, 6.07) is 5.34. The van der Waals surface area contributed by atoms with Gasteiger partial charge in [-0.3, -0.25) is 19.8 Å². The molecule has 0 spiro atoms. The number of carboxylic acids is 1. The number of hydrogen-bond acceptors (Lipinski definition) is 6. The minimum atomic E-state index is -0.898. The summed E-state index contributed by atoms with van der Waals surface area (Å²) >= 11 is 2.42. The number of fused-ring (bicyclic) bond motifs is 1. The Hall–Kier alpha value is -2.59. The van der Waals surface area contributed by atoms with Crippen molar-refractivity contribution in [2.24, 2.45) is 5.92 Å². The fourth-order valence-electron chi connectivity index (χ4n) is 3.80. The van der Waals surface area contributed by atoms with E-state index in [4.69, 9.17) is 5.11 Å². The number of aliphatic carboxylic acids is 1. The van der Waals surface area contributed by atoms with E-state index in [1.54, 1.807) is 11.1 Å². The molecule has 30 heavy (non-hydrogen) atoms. The average molecular weight is 447 g/mol. The van der Waals surface area contributed by atoms with E-state index in [0.29, 0.717) is 24.0 Å². The van der Waals surface area contributed by atoms with Gasteiger partial charge in [0.25, 0.3) is 0 Å². The molecule has 2 aliphatic rings. The first-order valence-electron chi connectivity index (χ1n) is 9.79. The van der Waals surface area contributed by atoms with Crippen molar-refractivity contribution in [1.29, 1.82) is 0 Å². The fraction of sp³-hybridized carbons (Fsp3) is 0.400. The third kappa shape index (κ3) is 4.93. The van der Waals surface area contributed by atoms with Crippen molar-refractivity contribution in [3.63, 3.8) is 0 Å². The predicted molar refractivity (Wildman–Crippen MR) is 118 cm³/mol. The van der Waals surface area contributed by atoms with Gasteiger partial charge in [0.15, 0.2) is 5.13 Å². The van der Waals surface area contributed by atoms with Crippen LogP contribution in [-0.4, -0.2) is 40.3 Å². The monoisotopic (exact) mass is 446 g/mol. The Morgan fingerprint density at radius 1 is 1.33 bits per heavy atom. The minimum absolute atomic E-state index is 0.0388. The second kappa shape index (κ2) is 9.05. The van der Waals surface area contributed by atoms with E-state index in [1.165, 1.54) is 35.9 Å². The van der Waals surface area contributed by atoms with E-state index in [0.717, 1.165) is 34.0 Å². The average Bonchev–Trinajstić information content (AvgIpc) is 3.44. The lowest BCUT2D eigenvalue weighted by atomic mass is 10.1. The number of hydrogen-bond donors (Lipinski definition) is 3. The Kier molecular flexibility index (Phi) is 6.24. The number of nitrogens with zero attached hydrogens (tertiary/aromatic N) is 2. The van der Waals surface area contributed by atoms with Crippen molar-refractivity contribution in [2.45, 2.75) is 36.3 Å². The highest BCUT2D eigenvalue weighted by atomic mass is 32.2. The molecule has 0 saturated heterocycles. The quantitative estimate of drug-likeness (QED) is 0.554. The largest absolute Gasteiger partial charge is 0.481 e. The van der Waals surface area contributed by atoms with Crippen LogP contribution in [-0.2, 0) is 16.0 Å². The molecule has 0 atom stereocenters. The molecular formula is C20H22N4O4S2. The zero-order valence-corrected chi connectivity index (χ0v) is 17.9. The topological polar surface area (TPSA) is 112 Å². The summed E-state index contributed by atoms with van der Waals surface area (Å²) in [7, 11) is 0. The number of urea groups is 1. The van der Waals surface area contributed by atoms with Crippen LogP contribution in [0.15, 0.2) is 28.6 Å². The number of rotatable bonds is 7. The molecule has 1 aliphatic heterocycles. The third-order valence-electron chi connectivity index (χ3n) is 5.23. The molecule has 1 saturated carbocycles. The highest BCUT2D eigenvalue weighted by molar-refractivity contribution is 8.01. The lowest BCUT2D eigenvalue weighted by Crippen LogP contribution is -2.38. The van der Waals surface area contributed by atoms with Crippen LogP contribution in [0.2, 0.25) is 0 Å². The number of benzene rings is 1. The SMILES string of the molecule is O=C(O)CSc1cnc(NC(=O)N(CC2CCCC2)c2ccc3c(c2)NC(=O)C3)s1. The van der Waals surface area contributed by atoms with Crippen LogP contribution in [0.5, 0.6) is 0 Å².